The molecule has 0 amide bonds. The maximum atomic E-state index is 6.68. The van der Waals surface area contributed by atoms with E-state index in [1.165, 1.54) is 217 Å². The standard InChI is InChI=1S/C62H98O/c1-5-9-11-13-15-19-51-25-33-57(34-26-51)61(59-41-37-55(38-42-59)53-29-21-49(17-7-3)22-30-53)45-47-63-48-46-62(58-35-27-52(28-36-58)20-16-14-12-10-6-2)60-43-39-56(40-44-60)54-31-23-50(18-8-4)24-32-54/h37-46,49-54,57-58H,5-36,47-48H2,1-4H3. The maximum Gasteiger partial charge on any atom is 0.0657 e. The van der Waals surface area contributed by atoms with Crippen LogP contribution in [-0.4, -0.2) is 13.2 Å². The van der Waals surface area contributed by atoms with Crippen LogP contribution in [0, 0.1) is 35.5 Å². The number of allylic oxidation sites excluding steroid dienone is 2. The third-order valence-corrected chi connectivity index (χ3v) is 17.4. The Balaban J connectivity index is 1.11. The molecule has 2 aromatic carbocycles. The van der Waals surface area contributed by atoms with E-state index < -0.39 is 0 Å². The van der Waals surface area contributed by atoms with Crippen molar-refractivity contribution in [2.45, 2.75) is 245 Å². The molecule has 1 nitrogen and oxygen atoms in total. The SMILES string of the molecule is CCCCCCCC1CCC(C(=CCOCC=C(c2ccc(C3CCC(CCC)CC3)cc2)C2CCC(CCCCCCC)CC2)c2ccc(C3CCC(CCC)CC3)cc2)CC1. The van der Waals surface area contributed by atoms with Gasteiger partial charge in [-0.25, -0.2) is 0 Å². The molecule has 0 unspecified atom stereocenters. The zero-order chi connectivity index (χ0) is 43.9. The molecule has 4 aliphatic rings. The number of hydrogen-bond donors (Lipinski definition) is 0. The van der Waals surface area contributed by atoms with Crippen LogP contribution in [0.4, 0.5) is 0 Å². The molecule has 6 rings (SSSR count). The molecule has 352 valence electrons. The van der Waals surface area contributed by atoms with Crippen LogP contribution in [0.3, 0.4) is 0 Å². The van der Waals surface area contributed by atoms with Crippen LogP contribution >= 0.6 is 0 Å². The summed E-state index contributed by atoms with van der Waals surface area (Å²) in [5.41, 5.74) is 9.24. The molecular formula is C62H98O. The van der Waals surface area contributed by atoms with Crippen LogP contribution in [0.25, 0.3) is 11.1 Å². The Morgan fingerprint density at radius 3 is 1.06 bits per heavy atom. The van der Waals surface area contributed by atoms with E-state index in [2.05, 4.69) is 88.4 Å². The van der Waals surface area contributed by atoms with Gasteiger partial charge in [-0.3, -0.25) is 0 Å². The second kappa shape index (κ2) is 28.8. The lowest BCUT2D eigenvalue weighted by Gasteiger charge is -2.31. The zero-order valence-electron chi connectivity index (χ0n) is 41.8. The maximum absolute atomic E-state index is 6.68. The van der Waals surface area contributed by atoms with Crippen LogP contribution in [0.2, 0.25) is 0 Å². The first-order valence-electron chi connectivity index (χ1n) is 28.3. The smallest absolute Gasteiger partial charge is 0.0657 e. The largest absolute Gasteiger partial charge is 0.373 e. The van der Waals surface area contributed by atoms with Gasteiger partial charge in [0.1, 0.15) is 0 Å². The number of benzene rings is 2. The average molecular weight is 859 g/mol. The van der Waals surface area contributed by atoms with Gasteiger partial charge in [-0.15, -0.1) is 0 Å². The lowest BCUT2D eigenvalue weighted by atomic mass is 9.74. The Kier molecular flexibility index (Phi) is 23.0. The molecule has 2 aromatic rings. The topological polar surface area (TPSA) is 9.23 Å². The van der Waals surface area contributed by atoms with Gasteiger partial charge >= 0.3 is 0 Å². The molecule has 0 bridgehead atoms. The molecule has 0 spiro atoms. The lowest BCUT2D eigenvalue weighted by Crippen LogP contribution is -2.17. The van der Waals surface area contributed by atoms with Gasteiger partial charge in [0, 0.05) is 0 Å². The molecule has 4 saturated carbocycles. The van der Waals surface area contributed by atoms with E-state index in [1.54, 1.807) is 22.3 Å². The van der Waals surface area contributed by atoms with E-state index in [9.17, 15) is 0 Å². The number of ether oxygens (including phenoxy) is 1. The highest BCUT2D eigenvalue weighted by molar-refractivity contribution is 5.69. The Labute approximate surface area is 390 Å². The third kappa shape index (κ3) is 16.6. The third-order valence-electron chi connectivity index (χ3n) is 17.4. The van der Waals surface area contributed by atoms with E-state index in [1.807, 2.05) is 0 Å². The Hall–Kier alpha value is -2.12. The first-order valence-corrected chi connectivity index (χ1v) is 28.3. The second-order valence-corrected chi connectivity index (χ2v) is 22.0. The quantitative estimate of drug-likeness (QED) is 0.0857. The van der Waals surface area contributed by atoms with Gasteiger partial charge in [-0.1, -0.05) is 191 Å². The Morgan fingerprint density at radius 2 is 0.714 bits per heavy atom. The van der Waals surface area contributed by atoms with Crippen molar-refractivity contribution in [3.05, 3.63) is 82.9 Å². The fourth-order valence-corrected chi connectivity index (χ4v) is 13.3. The molecule has 0 radical (unpaired) electrons. The van der Waals surface area contributed by atoms with Crippen molar-refractivity contribution < 1.29 is 4.74 Å². The first-order chi connectivity index (χ1) is 31.1. The van der Waals surface area contributed by atoms with Gasteiger partial charge in [-0.2, -0.15) is 0 Å². The van der Waals surface area contributed by atoms with Crippen LogP contribution < -0.4 is 0 Å². The average Bonchev–Trinajstić information content (AvgIpc) is 3.33. The summed E-state index contributed by atoms with van der Waals surface area (Å²) in [7, 11) is 0. The van der Waals surface area contributed by atoms with Gasteiger partial charge < -0.3 is 4.74 Å². The van der Waals surface area contributed by atoms with Crippen molar-refractivity contribution in [2.24, 2.45) is 35.5 Å². The van der Waals surface area contributed by atoms with E-state index in [4.69, 9.17) is 4.74 Å². The van der Waals surface area contributed by atoms with Crippen LogP contribution in [0.1, 0.15) is 267 Å². The number of hydrogen-bond acceptors (Lipinski definition) is 1. The normalized spacial score (nSPS) is 27.4. The molecule has 0 aromatic heterocycles. The highest BCUT2D eigenvalue weighted by Gasteiger charge is 2.28. The van der Waals surface area contributed by atoms with Crippen LogP contribution in [-0.2, 0) is 4.74 Å². The number of rotatable bonds is 26. The summed E-state index contributed by atoms with van der Waals surface area (Å²) in [6.45, 7) is 10.8. The van der Waals surface area contributed by atoms with Crippen LogP contribution in [0.15, 0.2) is 60.7 Å². The van der Waals surface area contributed by atoms with Crippen LogP contribution in [0.5, 0.6) is 0 Å². The Bertz CT molecular complexity index is 1410. The summed E-state index contributed by atoms with van der Waals surface area (Å²) in [4.78, 5) is 0. The van der Waals surface area contributed by atoms with E-state index in [0.29, 0.717) is 25.0 Å². The molecule has 1 heteroatoms. The van der Waals surface area contributed by atoms with Crippen molar-refractivity contribution in [3.63, 3.8) is 0 Å². The lowest BCUT2D eigenvalue weighted by molar-refractivity contribution is 0.193. The van der Waals surface area contributed by atoms with E-state index in [-0.39, 0.29) is 0 Å². The Morgan fingerprint density at radius 1 is 0.381 bits per heavy atom. The molecule has 63 heavy (non-hydrogen) atoms. The predicted octanol–water partition coefficient (Wildman–Crippen LogP) is 19.7. The van der Waals surface area contributed by atoms with Crippen molar-refractivity contribution in [3.8, 4) is 0 Å². The summed E-state index contributed by atoms with van der Waals surface area (Å²) in [5, 5.41) is 0. The van der Waals surface area contributed by atoms with E-state index in [0.717, 1.165) is 35.5 Å². The predicted molar refractivity (Wildman–Crippen MR) is 277 cm³/mol. The molecular weight excluding hydrogens is 761 g/mol. The van der Waals surface area contributed by atoms with Crippen molar-refractivity contribution in [2.75, 3.05) is 13.2 Å². The van der Waals surface area contributed by atoms with Gasteiger partial charge in [0.2, 0.25) is 0 Å². The van der Waals surface area contributed by atoms with Crippen molar-refractivity contribution in [1.82, 2.24) is 0 Å². The summed E-state index contributed by atoms with van der Waals surface area (Å²) < 4.78 is 6.68. The summed E-state index contributed by atoms with van der Waals surface area (Å²) >= 11 is 0. The van der Waals surface area contributed by atoms with E-state index >= 15 is 0 Å². The zero-order valence-corrected chi connectivity index (χ0v) is 41.8. The monoisotopic (exact) mass is 859 g/mol. The highest BCUT2D eigenvalue weighted by Crippen LogP contribution is 2.43. The highest BCUT2D eigenvalue weighted by atomic mass is 16.5. The fraction of sp³-hybridized carbons (Fsp3) is 0.742. The van der Waals surface area contributed by atoms with Crippen molar-refractivity contribution in [1.29, 1.82) is 0 Å². The first kappa shape index (κ1) is 50.3. The molecule has 0 heterocycles. The fourth-order valence-electron chi connectivity index (χ4n) is 13.3. The minimum absolute atomic E-state index is 0.661. The molecule has 4 aliphatic carbocycles. The van der Waals surface area contributed by atoms with Gasteiger partial charge in [-0.05, 0) is 183 Å². The summed E-state index contributed by atoms with van der Waals surface area (Å²) in [5.74, 6) is 6.63. The minimum Gasteiger partial charge on any atom is -0.373 e. The molecule has 0 N–H and O–H groups in total. The summed E-state index contributed by atoms with van der Waals surface area (Å²) in [6, 6.07) is 20.0. The second-order valence-electron chi connectivity index (χ2n) is 22.0. The molecule has 0 aliphatic heterocycles. The number of unbranched alkanes of at least 4 members (excludes halogenated alkanes) is 8. The van der Waals surface area contributed by atoms with Gasteiger partial charge in [0.05, 0.1) is 13.2 Å². The molecule has 0 atom stereocenters. The molecule has 4 fully saturated rings. The molecule has 0 saturated heterocycles. The summed E-state index contributed by atoms with van der Waals surface area (Å²) in [6.07, 6.45) is 49.8. The minimum atomic E-state index is 0.661. The van der Waals surface area contributed by atoms with Crippen molar-refractivity contribution >= 4 is 11.1 Å². The van der Waals surface area contributed by atoms with Gasteiger partial charge in [0.25, 0.3) is 0 Å². The van der Waals surface area contributed by atoms with Gasteiger partial charge in [0.15, 0.2) is 0 Å².